The highest BCUT2D eigenvalue weighted by Gasteiger charge is 2.34. The van der Waals surface area contributed by atoms with Crippen LogP contribution < -0.4 is 9.47 Å². The van der Waals surface area contributed by atoms with Crippen molar-refractivity contribution >= 4 is 17.7 Å². The van der Waals surface area contributed by atoms with Crippen molar-refractivity contribution in [2.24, 2.45) is 0 Å². The first-order valence-corrected chi connectivity index (χ1v) is 7.97. The summed E-state index contributed by atoms with van der Waals surface area (Å²) in [5.74, 6) is 2.61. The van der Waals surface area contributed by atoms with Gasteiger partial charge in [0.25, 0.3) is 5.91 Å². The van der Waals surface area contributed by atoms with E-state index in [1.165, 1.54) is 6.26 Å². The van der Waals surface area contributed by atoms with Crippen LogP contribution in [0.1, 0.15) is 21.5 Å². The number of thioether (sulfide) groups is 1. The number of benzene rings is 1. The molecule has 0 N–H and O–H groups in total. The Balaban J connectivity index is 1.94. The van der Waals surface area contributed by atoms with Crippen molar-refractivity contribution in [2.45, 2.75) is 5.37 Å². The number of amides is 1. The van der Waals surface area contributed by atoms with E-state index in [1.54, 1.807) is 43.0 Å². The minimum atomic E-state index is -0.109. The minimum Gasteiger partial charge on any atom is -0.497 e. The van der Waals surface area contributed by atoms with E-state index in [0.29, 0.717) is 12.3 Å². The molecule has 22 heavy (non-hydrogen) atoms. The first-order chi connectivity index (χ1) is 10.7. The molecule has 1 amide bonds. The first-order valence-electron chi connectivity index (χ1n) is 6.92. The molecule has 116 valence electrons. The molecule has 2 aromatic rings. The fraction of sp³-hybridized carbons (Fsp3) is 0.312. The second kappa shape index (κ2) is 6.36. The minimum absolute atomic E-state index is 0.107. The van der Waals surface area contributed by atoms with E-state index in [4.69, 9.17) is 13.9 Å². The van der Waals surface area contributed by atoms with Crippen molar-refractivity contribution in [3.05, 3.63) is 47.9 Å². The van der Waals surface area contributed by atoms with Gasteiger partial charge in [-0.05, 0) is 30.3 Å². The zero-order valence-corrected chi connectivity index (χ0v) is 13.3. The highest BCUT2D eigenvalue weighted by atomic mass is 32.2. The number of furan rings is 1. The maximum atomic E-state index is 12.6. The number of carbonyl (C=O) groups is 1. The fourth-order valence-electron chi connectivity index (χ4n) is 2.51. The van der Waals surface area contributed by atoms with E-state index < -0.39 is 0 Å². The molecule has 2 heterocycles. The Labute approximate surface area is 133 Å². The van der Waals surface area contributed by atoms with Crippen LogP contribution in [0.25, 0.3) is 0 Å². The SMILES string of the molecule is COc1ccc(OC)c(C2SCCN2C(=O)c2ccco2)c1. The maximum absolute atomic E-state index is 12.6. The molecule has 0 radical (unpaired) electrons. The van der Waals surface area contributed by atoms with Gasteiger partial charge in [0, 0.05) is 17.9 Å². The van der Waals surface area contributed by atoms with Crippen LogP contribution in [0.15, 0.2) is 41.0 Å². The number of hydrogen-bond donors (Lipinski definition) is 0. The lowest BCUT2D eigenvalue weighted by Gasteiger charge is -2.25. The Kier molecular flexibility index (Phi) is 4.29. The lowest BCUT2D eigenvalue weighted by molar-refractivity contribution is 0.0727. The Bertz CT molecular complexity index is 656. The molecule has 0 aliphatic carbocycles. The molecule has 1 unspecified atom stereocenters. The fourth-order valence-corrected chi connectivity index (χ4v) is 3.78. The van der Waals surface area contributed by atoms with Crippen LogP contribution in [0, 0.1) is 0 Å². The van der Waals surface area contributed by atoms with Crippen LogP contribution in [0.4, 0.5) is 0 Å². The van der Waals surface area contributed by atoms with Gasteiger partial charge < -0.3 is 18.8 Å². The summed E-state index contributed by atoms with van der Waals surface area (Å²) in [5, 5.41) is -0.109. The van der Waals surface area contributed by atoms with Crippen molar-refractivity contribution in [1.82, 2.24) is 4.90 Å². The zero-order chi connectivity index (χ0) is 15.5. The van der Waals surface area contributed by atoms with Gasteiger partial charge in [0.2, 0.25) is 0 Å². The maximum Gasteiger partial charge on any atom is 0.290 e. The highest BCUT2D eigenvalue weighted by molar-refractivity contribution is 7.99. The van der Waals surface area contributed by atoms with Crippen molar-refractivity contribution in [1.29, 1.82) is 0 Å². The van der Waals surface area contributed by atoms with Crippen molar-refractivity contribution in [3.63, 3.8) is 0 Å². The normalized spacial score (nSPS) is 17.5. The van der Waals surface area contributed by atoms with Gasteiger partial charge in [-0.2, -0.15) is 0 Å². The molecule has 5 nitrogen and oxygen atoms in total. The van der Waals surface area contributed by atoms with E-state index >= 15 is 0 Å². The summed E-state index contributed by atoms with van der Waals surface area (Å²) in [4.78, 5) is 14.4. The molecule has 6 heteroatoms. The summed E-state index contributed by atoms with van der Waals surface area (Å²) in [6, 6.07) is 9.04. The lowest BCUT2D eigenvalue weighted by atomic mass is 10.1. The van der Waals surface area contributed by atoms with Gasteiger partial charge in [-0.25, -0.2) is 0 Å². The van der Waals surface area contributed by atoms with Crippen LogP contribution in [0.3, 0.4) is 0 Å². The van der Waals surface area contributed by atoms with E-state index in [2.05, 4.69) is 0 Å². The number of carbonyl (C=O) groups excluding carboxylic acids is 1. The third-order valence-electron chi connectivity index (χ3n) is 3.59. The number of hydrogen-bond acceptors (Lipinski definition) is 5. The Morgan fingerprint density at radius 3 is 2.86 bits per heavy atom. The van der Waals surface area contributed by atoms with Gasteiger partial charge >= 0.3 is 0 Å². The molecular weight excluding hydrogens is 302 g/mol. The monoisotopic (exact) mass is 319 g/mol. The molecule has 1 aromatic heterocycles. The summed E-state index contributed by atoms with van der Waals surface area (Å²) >= 11 is 1.71. The van der Waals surface area contributed by atoms with Crippen molar-refractivity contribution in [3.8, 4) is 11.5 Å². The lowest BCUT2D eigenvalue weighted by Crippen LogP contribution is -2.30. The van der Waals surface area contributed by atoms with Gasteiger partial charge in [0.1, 0.15) is 16.9 Å². The van der Waals surface area contributed by atoms with Crippen molar-refractivity contribution < 1.29 is 18.7 Å². The van der Waals surface area contributed by atoms with Crippen LogP contribution in [-0.4, -0.2) is 37.3 Å². The summed E-state index contributed by atoms with van der Waals surface area (Å²) < 4.78 is 16.0. The average molecular weight is 319 g/mol. The topological polar surface area (TPSA) is 51.9 Å². The second-order valence-corrected chi connectivity index (χ2v) is 5.99. The highest BCUT2D eigenvalue weighted by Crippen LogP contribution is 2.43. The first kappa shape index (κ1) is 14.8. The van der Waals surface area contributed by atoms with E-state index in [1.807, 2.05) is 18.2 Å². The molecule has 1 aromatic carbocycles. The predicted molar refractivity (Wildman–Crippen MR) is 84.5 cm³/mol. The Morgan fingerprint density at radius 2 is 2.18 bits per heavy atom. The summed E-state index contributed by atoms with van der Waals surface area (Å²) in [6.07, 6.45) is 1.51. The van der Waals surface area contributed by atoms with Gasteiger partial charge in [-0.1, -0.05) is 0 Å². The number of methoxy groups -OCH3 is 2. The summed E-state index contributed by atoms with van der Waals surface area (Å²) in [7, 11) is 3.25. The van der Waals surface area contributed by atoms with Gasteiger partial charge in [-0.15, -0.1) is 11.8 Å². The molecule has 1 fully saturated rings. The molecule has 0 bridgehead atoms. The molecule has 3 rings (SSSR count). The van der Waals surface area contributed by atoms with Gasteiger partial charge in [-0.3, -0.25) is 4.79 Å². The van der Waals surface area contributed by atoms with Gasteiger partial charge in [0.05, 0.1) is 20.5 Å². The third-order valence-corrected chi connectivity index (χ3v) is 4.83. The molecule has 1 saturated heterocycles. The molecule has 0 spiro atoms. The smallest absolute Gasteiger partial charge is 0.290 e. The molecule has 1 aliphatic rings. The largest absolute Gasteiger partial charge is 0.497 e. The molecule has 1 aliphatic heterocycles. The average Bonchev–Trinajstić information content (AvgIpc) is 3.24. The predicted octanol–water partition coefficient (Wildman–Crippen LogP) is 3.18. The van der Waals surface area contributed by atoms with Crippen LogP contribution in [0.2, 0.25) is 0 Å². The standard InChI is InChI=1S/C16H17NO4S/c1-19-11-5-6-13(20-2)12(10-11)16-17(7-9-22-16)15(18)14-4-3-8-21-14/h3-6,8,10,16H,7,9H2,1-2H3. The Hall–Kier alpha value is -2.08. The molecule has 1 atom stereocenters. The van der Waals surface area contributed by atoms with Crippen molar-refractivity contribution in [2.75, 3.05) is 26.5 Å². The second-order valence-electron chi connectivity index (χ2n) is 4.81. The van der Waals surface area contributed by atoms with E-state index in [-0.39, 0.29) is 11.3 Å². The van der Waals surface area contributed by atoms with Gasteiger partial charge in [0.15, 0.2) is 5.76 Å². The Morgan fingerprint density at radius 1 is 1.32 bits per heavy atom. The van der Waals surface area contributed by atoms with E-state index in [9.17, 15) is 4.79 Å². The molecule has 0 saturated carbocycles. The number of nitrogens with zero attached hydrogens (tertiary/aromatic N) is 1. The number of rotatable bonds is 4. The molecular formula is C16H17NO4S. The third kappa shape index (κ3) is 2.66. The summed E-state index contributed by atoms with van der Waals surface area (Å²) in [6.45, 7) is 0.676. The zero-order valence-electron chi connectivity index (χ0n) is 12.4. The van der Waals surface area contributed by atoms with Crippen LogP contribution >= 0.6 is 11.8 Å². The van der Waals surface area contributed by atoms with Crippen LogP contribution in [0.5, 0.6) is 11.5 Å². The summed E-state index contributed by atoms with van der Waals surface area (Å²) in [5.41, 5.74) is 0.934. The quantitative estimate of drug-likeness (QED) is 0.866. The van der Waals surface area contributed by atoms with E-state index in [0.717, 1.165) is 22.8 Å². The number of ether oxygens (including phenoxy) is 2. The van der Waals surface area contributed by atoms with Crippen LogP contribution in [-0.2, 0) is 0 Å².